The molecule has 0 saturated carbocycles. The molecule has 0 aromatic heterocycles. The zero-order chi connectivity index (χ0) is 5.21. The SMILES string of the molecule is CCC(C)(C)C.N. The average Bonchev–Trinajstić information content (AvgIpc) is 1.35. The van der Waals surface area contributed by atoms with E-state index >= 15 is 0 Å². The molecule has 0 rings (SSSR count). The van der Waals surface area contributed by atoms with Crippen molar-refractivity contribution in [1.29, 1.82) is 0 Å². The van der Waals surface area contributed by atoms with Gasteiger partial charge in [0.2, 0.25) is 0 Å². The molecule has 0 unspecified atom stereocenters. The van der Waals surface area contributed by atoms with Crippen LogP contribution in [0.3, 0.4) is 0 Å². The molecule has 0 atom stereocenters. The van der Waals surface area contributed by atoms with E-state index in [1.54, 1.807) is 0 Å². The van der Waals surface area contributed by atoms with Crippen LogP contribution in [0.4, 0.5) is 0 Å². The molecule has 0 radical (unpaired) electrons. The Kier molecular flexibility index (Phi) is 4.35. The fourth-order valence-electron chi connectivity index (χ4n) is 0. The third-order valence-electron chi connectivity index (χ3n) is 1.06. The van der Waals surface area contributed by atoms with Gasteiger partial charge in [-0.1, -0.05) is 34.1 Å². The van der Waals surface area contributed by atoms with E-state index in [0.29, 0.717) is 5.41 Å². The van der Waals surface area contributed by atoms with Crippen LogP contribution in [0.2, 0.25) is 0 Å². The Bertz CT molecular complexity index is 33.9. The molecular weight excluding hydrogens is 86.1 g/mol. The highest BCUT2D eigenvalue weighted by Crippen LogP contribution is 2.16. The molecule has 0 fully saturated rings. The van der Waals surface area contributed by atoms with Crippen LogP contribution < -0.4 is 6.15 Å². The lowest BCUT2D eigenvalue weighted by Crippen LogP contribution is -2.00. The first kappa shape index (κ1) is 10.0. The van der Waals surface area contributed by atoms with Gasteiger partial charge in [-0.3, -0.25) is 0 Å². The maximum absolute atomic E-state index is 2.24. The van der Waals surface area contributed by atoms with Gasteiger partial charge >= 0.3 is 0 Å². The monoisotopic (exact) mass is 103 g/mol. The summed E-state index contributed by atoms with van der Waals surface area (Å²) < 4.78 is 0. The van der Waals surface area contributed by atoms with E-state index in [9.17, 15) is 0 Å². The standard InChI is InChI=1S/C6H14.H3N/c1-5-6(2,3)4;/h5H2,1-4H3;1H3. The molecule has 7 heavy (non-hydrogen) atoms. The summed E-state index contributed by atoms with van der Waals surface area (Å²) in [5, 5.41) is 0. The molecule has 0 aliphatic carbocycles. The van der Waals surface area contributed by atoms with Crippen molar-refractivity contribution in [3.63, 3.8) is 0 Å². The fourth-order valence-corrected chi connectivity index (χ4v) is 0. The summed E-state index contributed by atoms with van der Waals surface area (Å²) in [7, 11) is 0. The minimum Gasteiger partial charge on any atom is -0.344 e. The van der Waals surface area contributed by atoms with Crippen molar-refractivity contribution >= 4 is 0 Å². The summed E-state index contributed by atoms with van der Waals surface area (Å²) in [4.78, 5) is 0. The van der Waals surface area contributed by atoms with Crippen LogP contribution in [0.5, 0.6) is 0 Å². The number of hydrogen-bond acceptors (Lipinski definition) is 1. The highest BCUT2D eigenvalue weighted by Gasteiger charge is 2.03. The van der Waals surface area contributed by atoms with Crippen LogP contribution in [0.1, 0.15) is 34.1 Å². The first-order chi connectivity index (χ1) is 2.56. The predicted molar refractivity (Wildman–Crippen MR) is 34.8 cm³/mol. The Balaban J connectivity index is 0. The van der Waals surface area contributed by atoms with E-state index in [1.165, 1.54) is 6.42 Å². The Labute approximate surface area is 46.7 Å². The van der Waals surface area contributed by atoms with Crippen LogP contribution in [-0.2, 0) is 0 Å². The van der Waals surface area contributed by atoms with Gasteiger partial charge in [-0.05, 0) is 5.41 Å². The molecule has 0 heterocycles. The van der Waals surface area contributed by atoms with Crippen LogP contribution in [0.25, 0.3) is 0 Å². The smallest absolute Gasteiger partial charge is 0.0385 e. The van der Waals surface area contributed by atoms with Gasteiger partial charge < -0.3 is 6.15 Å². The van der Waals surface area contributed by atoms with E-state index in [1.807, 2.05) is 0 Å². The Morgan fingerprint density at radius 3 is 1.29 bits per heavy atom. The first-order valence-corrected chi connectivity index (χ1v) is 2.56. The molecule has 1 heteroatoms. The maximum Gasteiger partial charge on any atom is -0.0385 e. The Morgan fingerprint density at radius 2 is 1.29 bits per heavy atom. The fraction of sp³-hybridized carbons (Fsp3) is 1.00. The van der Waals surface area contributed by atoms with Gasteiger partial charge in [0.05, 0.1) is 0 Å². The van der Waals surface area contributed by atoms with Gasteiger partial charge in [-0.2, -0.15) is 0 Å². The van der Waals surface area contributed by atoms with Crippen molar-refractivity contribution in [1.82, 2.24) is 6.15 Å². The van der Waals surface area contributed by atoms with Crippen molar-refractivity contribution < 1.29 is 0 Å². The minimum absolute atomic E-state index is 0. The van der Waals surface area contributed by atoms with E-state index in [2.05, 4.69) is 27.7 Å². The molecule has 0 saturated heterocycles. The zero-order valence-corrected chi connectivity index (χ0v) is 5.91. The molecule has 1 nitrogen and oxygen atoms in total. The summed E-state index contributed by atoms with van der Waals surface area (Å²) in [6, 6.07) is 0. The van der Waals surface area contributed by atoms with E-state index in [4.69, 9.17) is 0 Å². The van der Waals surface area contributed by atoms with Crippen LogP contribution in [0, 0.1) is 5.41 Å². The molecule has 3 N–H and O–H groups in total. The van der Waals surface area contributed by atoms with Gasteiger partial charge in [0.15, 0.2) is 0 Å². The molecule has 0 amide bonds. The van der Waals surface area contributed by atoms with Gasteiger partial charge in [0, 0.05) is 0 Å². The summed E-state index contributed by atoms with van der Waals surface area (Å²) in [6.45, 7) is 8.94. The second-order valence-electron chi connectivity index (χ2n) is 2.91. The van der Waals surface area contributed by atoms with Crippen molar-refractivity contribution in [3.8, 4) is 0 Å². The van der Waals surface area contributed by atoms with E-state index < -0.39 is 0 Å². The van der Waals surface area contributed by atoms with Crippen molar-refractivity contribution in [2.24, 2.45) is 5.41 Å². The molecule has 46 valence electrons. The van der Waals surface area contributed by atoms with Crippen LogP contribution in [0.15, 0.2) is 0 Å². The lowest BCUT2D eigenvalue weighted by molar-refractivity contribution is 0.398. The summed E-state index contributed by atoms with van der Waals surface area (Å²) in [6.07, 6.45) is 1.27. The Morgan fingerprint density at radius 1 is 1.14 bits per heavy atom. The van der Waals surface area contributed by atoms with Gasteiger partial charge in [0.1, 0.15) is 0 Å². The van der Waals surface area contributed by atoms with Crippen molar-refractivity contribution in [3.05, 3.63) is 0 Å². The third-order valence-corrected chi connectivity index (χ3v) is 1.06. The highest BCUT2D eigenvalue weighted by atomic mass is 14.1. The van der Waals surface area contributed by atoms with Gasteiger partial charge in [-0.15, -0.1) is 0 Å². The zero-order valence-electron chi connectivity index (χ0n) is 5.91. The minimum atomic E-state index is 0. The second kappa shape index (κ2) is 3.03. The second-order valence-corrected chi connectivity index (χ2v) is 2.91. The summed E-state index contributed by atoms with van der Waals surface area (Å²) in [5.74, 6) is 0. The molecule has 0 aliphatic rings. The Hall–Kier alpha value is -0.0400. The van der Waals surface area contributed by atoms with Crippen molar-refractivity contribution in [2.75, 3.05) is 0 Å². The molecule has 0 bridgehead atoms. The lowest BCUT2D eigenvalue weighted by Gasteiger charge is -2.12. The maximum atomic E-state index is 2.24. The van der Waals surface area contributed by atoms with Gasteiger partial charge in [-0.25, -0.2) is 0 Å². The number of hydrogen-bond donors (Lipinski definition) is 1. The summed E-state index contributed by atoms with van der Waals surface area (Å²) >= 11 is 0. The normalized spacial score (nSPS) is 10.3. The first-order valence-electron chi connectivity index (χ1n) is 2.56. The quantitative estimate of drug-likeness (QED) is 0.502. The predicted octanol–water partition coefficient (Wildman–Crippen LogP) is 2.60. The lowest BCUT2D eigenvalue weighted by atomic mass is 9.94. The van der Waals surface area contributed by atoms with Gasteiger partial charge in [0.25, 0.3) is 0 Å². The molecular formula is C6H17N. The largest absolute Gasteiger partial charge is 0.344 e. The molecule has 0 aromatic carbocycles. The number of rotatable bonds is 0. The third kappa shape index (κ3) is 10.7. The average molecular weight is 103 g/mol. The van der Waals surface area contributed by atoms with Crippen molar-refractivity contribution in [2.45, 2.75) is 34.1 Å². The molecule has 0 aliphatic heterocycles. The van der Waals surface area contributed by atoms with E-state index in [0.717, 1.165) is 0 Å². The van der Waals surface area contributed by atoms with E-state index in [-0.39, 0.29) is 6.15 Å². The molecule has 0 spiro atoms. The summed E-state index contributed by atoms with van der Waals surface area (Å²) in [5.41, 5.74) is 0.542. The molecule has 0 aromatic rings. The highest BCUT2D eigenvalue weighted by molar-refractivity contribution is 4.55. The van der Waals surface area contributed by atoms with Crippen LogP contribution in [-0.4, -0.2) is 0 Å². The van der Waals surface area contributed by atoms with Crippen LogP contribution >= 0.6 is 0 Å². The topological polar surface area (TPSA) is 35.0 Å².